The van der Waals surface area contributed by atoms with E-state index < -0.39 is 11.6 Å². The molecule has 136 valence electrons. The number of H-pyrrole nitrogens is 2. The van der Waals surface area contributed by atoms with Crippen LogP contribution in [0.4, 0.5) is 8.78 Å². The number of hydrogen-bond donors (Lipinski definition) is 2. The maximum atomic E-state index is 13.9. The fraction of sp³-hybridized carbons (Fsp3) is 0.167. The van der Waals surface area contributed by atoms with E-state index in [1.165, 1.54) is 23.5 Å². The van der Waals surface area contributed by atoms with E-state index in [1.807, 2.05) is 5.38 Å². The van der Waals surface area contributed by atoms with Gasteiger partial charge in [-0.2, -0.15) is 5.10 Å². The Bertz CT molecular complexity index is 1160. The highest BCUT2D eigenvalue weighted by Gasteiger charge is 2.28. The van der Waals surface area contributed by atoms with Crippen LogP contribution in [0.1, 0.15) is 21.7 Å². The second-order valence-corrected chi connectivity index (χ2v) is 7.10. The monoisotopic (exact) mass is 385 g/mol. The molecule has 9 heteroatoms. The van der Waals surface area contributed by atoms with E-state index >= 15 is 0 Å². The lowest BCUT2D eigenvalue weighted by molar-refractivity contribution is 0.0729. The first-order valence-electron chi connectivity index (χ1n) is 8.32. The lowest BCUT2D eigenvalue weighted by Gasteiger charge is -2.26. The molecule has 4 heterocycles. The number of hydrogen-bond acceptors (Lipinski definition) is 4. The molecule has 0 saturated carbocycles. The maximum Gasteiger partial charge on any atom is 0.270 e. The molecule has 0 fully saturated rings. The molecule has 1 aliphatic heterocycles. The Labute approximate surface area is 155 Å². The average Bonchev–Trinajstić information content (AvgIpc) is 3.42. The largest absolute Gasteiger partial charge is 0.350 e. The second-order valence-electron chi connectivity index (χ2n) is 6.38. The Kier molecular flexibility index (Phi) is 3.57. The number of benzene rings is 1. The Balaban J connectivity index is 1.47. The highest BCUT2D eigenvalue weighted by atomic mass is 32.1. The van der Waals surface area contributed by atoms with Gasteiger partial charge in [0.05, 0.1) is 29.1 Å². The lowest BCUT2D eigenvalue weighted by Crippen LogP contribution is -2.36. The minimum atomic E-state index is -0.954. The topological polar surface area (TPSA) is 77.7 Å². The molecule has 3 aromatic heterocycles. The Hall–Kier alpha value is -3.07. The number of amides is 1. The zero-order chi connectivity index (χ0) is 18.5. The van der Waals surface area contributed by atoms with Crippen molar-refractivity contribution in [2.45, 2.75) is 13.0 Å². The summed E-state index contributed by atoms with van der Waals surface area (Å²) in [5.74, 6) is -2.15. The molecule has 0 saturated heterocycles. The van der Waals surface area contributed by atoms with Gasteiger partial charge in [-0.25, -0.2) is 13.8 Å². The van der Waals surface area contributed by atoms with Crippen molar-refractivity contribution in [3.63, 3.8) is 0 Å². The summed E-state index contributed by atoms with van der Waals surface area (Å²) in [6.07, 6.45) is 0.616. The Morgan fingerprint density at radius 1 is 1.30 bits per heavy atom. The van der Waals surface area contributed by atoms with Gasteiger partial charge in [-0.3, -0.25) is 9.89 Å². The van der Waals surface area contributed by atoms with Gasteiger partial charge in [-0.05, 0) is 18.2 Å². The highest BCUT2D eigenvalue weighted by Crippen LogP contribution is 2.29. The van der Waals surface area contributed by atoms with E-state index in [-0.39, 0.29) is 17.0 Å². The zero-order valence-electron chi connectivity index (χ0n) is 13.9. The quantitative estimate of drug-likeness (QED) is 0.554. The Morgan fingerprint density at radius 3 is 3.00 bits per heavy atom. The average molecular weight is 385 g/mol. The number of aromatic amines is 2. The molecule has 1 aromatic carbocycles. The third-order valence-corrected chi connectivity index (χ3v) is 5.40. The standard InChI is InChI=1S/C18H13F2N5OS/c19-11-1-2-12-9(16(11)20)5-14(22-12)18(26)25-4-3-13-10(6-25)17(24-23-13)15-7-27-8-21-15/h1-2,5,7-8,22H,3-4,6H2,(H,23,24). The van der Waals surface area contributed by atoms with Gasteiger partial charge >= 0.3 is 0 Å². The molecule has 0 radical (unpaired) electrons. The van der Waals surface area contributed by atoms with Gasteiger partial charge in [0.2, 0.25) is 0 Å². The lowest BCUT2D eigenvalue weighted by atomic mass is 10.0. The van der Waals surface area contributed by atoms with E-state index in [0.717, 1.165) is 28.7 Å². The maximum absolute atomic E-state index is 13.9. The van der Waals surface area contributed by atoms with Crippen LogP contribution < -0.4 is 0 Å². The number of carbonyl (C=O) groups excluding carboxylic acids is 1. The van der Waals surface area contributed by atoms with E-state index in [4.69, 9.17) is 0 Å². The normalized spacial score (nSPS) is 13.9. The molecule has 1 amide bonds. The first kappa shape index (κ1) is 16.1. The van der Waals surface area contributed by atoms with Crippen molar-refractivity contribution in [2.75, 3.05) is 6.54 Å². The molecule has 0 unspecified atom stereocenters. The molecule has 2 N–H and O–H groups in total. The SMILES string of the molecule is O=C(c1cc2c(F)c(F)ccc2[nH]1)N1CCc2n[nH]c(-c3cscn3)c2C1. The first-order valence-corrected chi connectivity index (χ1v) is 9.27. The molecule has 0 aliphatic carbocycles. The molecule has 27 heavy (non-hydrogen) atoms. The molecule has 1 aliphatic rings. The predicted molar refractivity (Wildman–Crippen MR) is 96.4 cm³/mol. The van der Waals surface area contributed by atoms with Crippen molar-refractivity contribution >= 4 is 28.1 Å². The molecule has 5 rings (SSSR count). The van der Waals surface area contributed by atoms with Crippen LogP contribution in [-0.4, -0.2) is 37.5 Å². The van der Waals surface area contributed by atoms with Gasteiger partial charge in [-0.1, -0.05) is 0 Å². The van der Waals surface area contributed by atoms with Crippen LogP contribution in [0.3, 0.4) is 0 Å². The summed E-state index contributed by atoms with van der Waals surface area (Å²) in [6.45, 7) is 0.878. The summed E-state index contributed by atoms with van der Waals surface area (Å²) in [5, 5.41) is 9.34. The summed E-state index contributed by atoms with van der Waals surface area (Å²) in [4.78, 5) is 21.8. The van der Waals surface area contributed by atoms with Crippen molar-refractivity contribution < 1.29 is 13.6 Å². The van der Waals surface area contributed by atoms with Gasteiger partial charge in [0.15, 0.2) is 11.6 Å². The van der Waals surface area contributed by atoms with Crippen molar-refractivity contribution in [1.82, 2.24) is 25.1 Å². The second kappa shape index (κ2) is 5.98. The molecule has 6 nitrogen and oxygen atoms in total. The Morgan fingerprint density at radius 2 is 2.19 bits per heavy atom. The van der Waals surface area contributed by atoms with E-state index in [1.54, 1.807) is 10.4 Å². The van der Waals surface area contributed by atoms with E-state index in [9.17, 15) is 13.6 Å². The smallest absolute Gasteiger partial charge is 0.270 e. The molecular formula is C18H13F2N5OS. The van der Waals surface area contributed by atoms with Crippen molar-refractivity contribution in [2.24, 2.45) is 0 Å². The minimum absolute atomic E-state index is 0.0718. The number of carbonyl (C=O) groups is 1. The van der Waals surface area contributed by atoms with Gasteiger partial charge in [0.25, 0.3) is 5.91 Å². The van der Waals surface area contributed by atoms with Crippen LogP contribution in [0.15, 0.2) is 29.1 Å². The van der Waals surface area contributed by atoms with Gasteiger partial charge in [0.1, 0.15) is 5.69 Å². The number of halogens is 2. The van der Waals surface area contributed by atoms with Crippen molar-refractivity contribution in [3.05, 3.63) is 57.7 Å². The zero-order valence-corrected chi connectivity index (χ0v) is 14.7. The van der Waals surface area contributed by atoms with Gasteiger partial charge in [0, 0.05) is 34.8 Å². The number of nitrogens with zero attached hydrogens (tertiary/aromatic N) is 3. The predicted octanol–water partition coefficient (Wildman–Crippen LogP) is 3.49. The third-order valence-electron chi connectivity index (χ3n) is 4.82. The van der Waals surface area contributed by atoms with Crippen LogP contribution in [0.25, 0.3) is 22.3 Å². The third kappa shape index (κ3) is 2.54. The number of thiazole rings is 1. The van der Waals surface area contributed by atoms with Crippen LogP contribution in [-0.2, 0) is 13.0 Å². The van der Waals surface area contributed by atoms with Crippen LogP contribution in [0.2, 0.25) is 0 Å². The molecule has 0 atom stereocenters. The van der Waals surface area contributed by atoms with Gasteiger partial charge in [-0.15, -0.1) is 11.3 Å². The van der Waals surface area contributed by atoms with E-state index in [2.05, 4.69) is 20.2 Å². The highest BCUT2D eigenvalue weighted by molar-refractivity contribution is 7.07. The fourth-order valence-electron chi connectivity index (χ4n) is 3.44. The summed E-state index contributed by atoms with van der Waals surface area (Å²) in [5.41, 5.74) is 5.84. The number of rotatable bonds is 2. The van der Waals surface area contributed by atoms with Crippen LogP contribution in [0.5, 0.6) is 0 Å². The number of aromatic nitrogens is 4. The molecule has 4 aromatic rings. The fourth-order valence-corrected chi connectivity index (χ4v) is 3.98. The van der Waals surface area contributed by atoms with Crippen molar-refractivity contribution in [1.29, 1.82) is 0 Å². The minimum Gasteiger partial charge on any atom is -0.350 e. The number of fused-ring (bicyclic) bond motifs is 2. The number of nitrogens with one attached hydrogen (secondary N) is 2. The summed E-state index contributed by atoms with van der Waals surface area (Å²) in [6, 6.07) is 3.83. The molecule has 0 spiro atoms. The van der Waals surface area contributed by atoms with Crippen molar-refractivity contribution in [3.8, 4) is 11.4 Å². The summed E-state index contributed by atoms with van der Waals surface area (Å²) >= 11 is 1.49. The van der Waals surface area contributed by atoms with Crippen LogP contribution in [0, 0.1) is 11.6 Å². The summed E-state index contributed by atoms with van der Waals surface area (Å²) < 4.78 is 27.4. The first-order chi connectivity index (χ1) is 13.1. The molecule has 0 bridgehead atoms. The van der Waals surface area contributed by atoms with Gasteiger partial charge < -0.3 is 9.88 Å². The molecular weight excluding hydrogens is 372 g/mol. The van der Waals surface area contributed by atoms with Crippen LogP contribution >= 0.6 is 11.3 Å². The van der Waals surface area contributed by atoms with E-state index in [0.29, 0.717) is 25.0 Å². The summed E-state index contributed by atoms with van der Waals surface area (Å²) in [7, 11) is 0.